The van der Waals surface area contributed by atoms with Crippen LogP contribution in [0.5, 0.6) is 0 Å². The maximum atomic E-state index is 11.5. The zero-order valence-corrected chi connectivity index (χ0v) is 9.54. The molecule has 0 fully saturated rings. The number of ether oxygens (including phenoxy) is 1. The highest BCUT2D eigenvalue weighted by Crippen LogP contribution is 2.12. The minimum absolute atomic E-state index is 0.212. The molecule has 1 atom stereocenters. The van der Waals surface area contributed by atoms with Gasteiger partial charge in [-0.2, -0.15) is 0 Å². The van der Waals surface area contributed by atoms with E-state index in [0.717, 1.165) is 5.56 Å². The molecule has 15 heavy (non-hydrogen) atoms. The van der Waals surface area contributed by atoms with Crippen LogP contribution < -0.4 is 0 Å². The summed E-state index contributed by atoms with van der Waals surface area (Å²) in [4.78, 5) is 11.5. The van der Waals surface area contributed by atoms with Crippen LogP contribution in [0.15, 0.2) is 30.3 Å². The van der Waals surface area contributed by atoms with E-state index >= 15 is 0 Å². The fourth-order valence-corrected chi connectivity index (χ4v) is 1.59. The zero-order chi connectivity index (χ0) is 11.1. The molecule has 0 saturated carbocycles. The summed E-state index contributed by atoms with van der Waals surface area (Å²) in [5.41, 5.74) is 1.11. The first kappa shape index (κ1) is 12.1. The Hall–Kier alpha value is -1.02. The molecule has 0 radical (unpaired) electrons. The molecule has 82 valence electrons. The van der Waals surface area contributed by atoms with Gasteiger partial charge in [0.2, 0.25) is 0 Å². The van der Waals surface area contributed by atoms with Crippen LogP contribution in [0.2, 0.25) is 0 Å². The summed E-state index contributed by atoms with van der Waals surface area (Å²) in [7, 11) is 0. The average Bonchev–Trinajstić information content (AvgIpc) is 2.27. The number of alkyl halides is 1. The normalized spacial score (nSPS) is 12.1. The molecule has 0 aliphatic carbocycles. The molecular weight excluding hydrogens is 212 g/mol. The molecule has 0 heterocycles. The van der Waals surface area contributed by atoms with Crippen molar-refractivity contribution in [3.05, 3.63) is 35.9 Å². The molecule has 0 aromatic heterocycles. The van der Waals surface area contributed by atoms with Gasteiger partial charge in [-0.1, -0.05) is 30.3 Å². The Balaban J connectivity index is 2.58. The maximum Gasteiger partial charge on any atom is 0.310 e. The molecule has 0 spiro atoms. The summed E-state index contributed by atoms with van der Waals surface area (Å²) in [6.07, 6.45) is 0.642. The van der Waals surface area contributed by atoms with Crippen molar-refractivity contribution in [2.45, 2.75) is 13.3 Å². The Kier molecular flexibility index (Phi) is 5.19. The monoisotopic (exact) mass is 226 g/mol. The third-order valence-electron chi connectivity index (χ3n) is 2.13. The van der Waals surface area contributed by atoms with E-state index in [1.807, 2.05) is 30.3 Å². The van der Waals surface area contributed by atoms with Crippen LogP contribution in [0.1, 0.15) is 12.5 Å². The number of esters is 1. The summed E-state index contributed by atoms with van der Waals surface area (Å²) in [5, 5.41) is 0. The molecule has 1 aromatic rings. The van der Waals surface area contributed by atoms with Crippen LogP contribution in [-0.2, 0) is 16.0 Å². The highest BCUT2D eigenvalue weighted by Gasteiger charge is 2.18. The number of hydrogen-bond donors (Lipinski definition) is 0. The third-order valence-corrected chi connectivity index (χ3v) is 2.50. The lowest BCUT2D eigenvalue weighted by atomic mass is 10.0. The number of carbonyl (C=O) groups excluding carboxylic acids is 1. The predicted octanol–water partition coefficient (Wildman–Crippen LogP) is 2.65. The summed E-state index contributed by atoms with van der Waals surface area (Å²) < 4.78 is 4.94. The number of carbonyl (C=O) groups is 1. The van der Waals surface area contributed by atoms with Gasteiger partial charge in [0.05, 0.1) is 12.5 Å². The van der Waals surface area contributed by atoms with E-state index in [1.54, 1.807) is 6.92 Å². The van der Waals surface area contributed by atoms with Crippen molar-refractivity contribution < 1.29 is 9.53 Å². The molecule has 0 bridgehead atoms. The molecule has 0 aliphatic rings. The van der Waals surface area contributed by atoms with E-state index < -0.39 is 0 Å². The largest absolute Gasteiger partial charge is 0.466 e. The van der Waals surface area contributed by atoms with Crippen LogP contribution in [0.3, 0.4) is 0 Å². The second-order valence-electron chi connectivity index (χ2n) is 3.29. The first-order chi connectivity index (χ1) is 7.27. The quantitative estimate of drug-likeness (QED) is 0.570. The van der Waals surface area contributed by atoms with E-state index in [0.29, 0.717) is 18.9 Å². The van der Waals surface area contributed by atoms with Gasteiger partial charge in [-0.3, -0.25) is 4.79 Å². The van der Waals surface area contributed by atoms with Crippen LogP contribution in [0.25, 0.3) is 0 Å². The Labute approximate surface area is 95.2 Å². The molecule has 2 nitrogen and oxygen atoms in total. The fraction of sp³-hybridized carbons (Fsp3) is 0.417. The number of hydrogen-bond acceptors (Lipinski definition) is 2. The summed E-state index contributed by atoms with van der Waals surface area (Å²) >= 11 is 5.75. The SMILES string of the molecule is CCOC(=O)C(CCl)Cc1ccccc1. The average molecular weight is 227 g/mol. The van der Waals surface area contributed by atoms with E-state index in [2.05, 4.69) is 0 Å². The first-order valence-electron chi connectivity index (χ1n) is 5.04. The maximum absolute atomic E-state index is 11.5. The minimum atomic E-state index is -0.242. The van der Waals surface area contributed by atoms with Crippen molar-refractivity contribution in [2.75, 3.05) is 12.5 Å². The van der Waals surface area contributed by atoms with Crippen molar-refractivity contribution >= 4 is 17.6 Å². The molecule has 0 amide bonds. The lowest BCUT2D eigenvalue weighted by molar-refractivity contribution is -0.147. The molecular formula is C12H15ClO2. The summed E-state index contributed by atoms with van der Waals surface area (Å²) in [5.74, 6) is -0.154. The molecule has 3 heteroatoms. The molecule has 0 N–H and O–H groups in total. The smallest absolute Gasteiger partial charge is 0.310 e. The Bertz CT molecular complexity index is 298. The van der Waals surface area contributed by atoms with Crippen molar-refractivity contribution in [1.29, 1.82) is 0 Å². The molecule has 1 unspecified atom stereocenters. The third kappa shape index (κ3) is 3.92. The standard InChI is InChI=1S/C12H15ClO2/c1-2-15-12(14)11(9-13)8-10-6-4-3-5-7-10/h3-7,11H,2,8-9H2,1H3. The summed E-state index contributed by atoms with van der Waals surface area (Å²) in [6.45, 7) is 2.20. The minimum Gasteiger partial charge on any atom is -0.466 e. The van der Waals surface area contributed by atoms with Gasteiger partial charge >= 0.3 is 5.97 Å². The van der Waals surface area contributed by atoms with Gasteiger partial charge in [-0.15, -0.1) is 11.6 Å². The van der Waals surface area contributed by atoms with Gasteiger partial charge in [-0.25, -0.2) is 0 Å². The number of rotatable bonds is 5. The Morgan fingerprint density at radius 2 is 2.07 bits per heavy atom. The first-order valence-corrected chi connectivity index (χ1v) is 5.58. The fourth-order valence-electron chi connectivity index (χ4n) is 1.36. The predicted molar refractivity (Wildman–Crippen MR) is 61.0 cm³/mol. The Morgan fingerprint density at radius 1 is 1.40 bits per heavy atom. The van der Waals surface area contributed by atoms with Gasteiger partial charge in [0.1, 0.15) is 0 Å². The van der Waals surface area contributed by atoms with Gasteiger partial charge in [0.25, 0.3) is 0 Å². The summed E-state index contributed by atoms with van der Waals surface area (Å²) in [6, 6.07) is 9.82. The highest BCUT2D eigenvalue weighted by atomic mass is 35.5. The van der Waals surface area contributed by atoms with Crippen molar-refractivity contribution in [3.63, 3.8) is 0 Å². The van der Waals surface area contributed by atoms with Crippen LogP contribution in [0.4, 0.5) is 0 Å². The number of benzene rings is 1. The van der Waals surface area contributed by atoms with Gasteiger partial charge in [-0.05, 0) is 18.9 Å². The molecule has 1 aromatic carbocycles. The number of halogens is 1. The van der Waals surface area contributed by atoms with Gasteiger partial charge in [0.15, 0.2) is 0 Å². The van der Waals surface area contributed by atoms with Crippen LogP contribution in [0, 0.1) is 5.92 Å². The topological polar surface area (TPSA) is 26.3 Å². The second-order valence-corrected chi connectivity index (χ2v) is 3.60. The lowest BCUT2D eigenvalue weighted by Crippen LogP contribution is -2.21. The highest BCUT2D eigenvalue weighted by molar-refractivity contribution is 6.19. The molecule has 0 aliphatic heterocycles. The van der Waals surface area contributed by atoms with E-state index in [1.165, 1.54) is 0 Å². The van der Waals surface area contributed by atoms with E-state index in [-0.39, 0.29) is 11.9 Å². The zero-order valence-electron chi connectivity index (χ0n) is 8.78. The molecule has 0 saturated heterocycles. The molecule has 1 rings (SSSR count). The Morgan fingerprint density at radius 3 is 2.60 bits per heavy atom. The lowest BCUT2D eigenvalue weighted by Gasteiger charge is -2.12. The van der Waals surface area contributed by atoms with E-state index in [4.69, 9.17) is 16.3 Å². The van der Waals surface area contributed by atoms with Crippen LogP contribution >= 0.6 is 11.6 Å². The van der Waals surface area contributed by atoms with Crippen molar-refractivity contribution in [2.24, 2.45) is 5.92 Å². The van der Waals surface area contributed by atoms with Crippen molar-refractivity contribution in [3.8, 4) is 0 Å². The van der Waals surface area contributed by atoms with E-state index in [9.17, 15) is 4.79 Å². The van der Waals surface area contributed by atoms with Crippen molar-refractivity contribution in [1.82, 2.24) is 0 Å². The van der Waals surface area contributed by atoms with Gasteiger partial charge < -0.3 is 4.74 Å². The van der Waals surface area contributed by atoms with Crippen LogP contribution in [-0.4, -0.2) is 18.5 Å². The van der Waals surface area contributed by atoms with Gasteiger partial charge in [0, 0.05) is 5.88 Å². The second kappa shape index (κ2) is 6.46.